The number of ether oxygens (including phenoxy) is 1. The predicted octanol–water partition coefficient (Wildman–Crippen LogP) is 1.38. The Hall–Kier alpha value is -1.51. The molecule has 0 aliphatic heterocycles. The van der Waals surface area contributed by atoms with E-state index < -0.39 is 0 Å². The van der Waals surface area contributed by atoms with Crippen LogP contribution in [0.3, 0.4) is 0 Å². The Labute approximate surface area is 70.6 Å². The molecule has 0 saturated carbocycles. The van der Waals surface area contributed by atoms with Gasteiger partial charge in [-0.25, -0.2) is 4.98 Å². The second kappa shape index (κ2) is 2.52. The van der Waals surface area contributed by atoms with Crippen LogP contribution in [0.15, 0.2) is 18.2 Å². The van der Waals surface area contributed by atoms with Gasteiger partial charge in [-0.15, -0.1) is 0 Å². The minimum Gasteiger partial charge on any atom is -0.497 e. The standard InChI is InChI=1S/C9H9N2O/c1-11-6-10-8-5-7(12-2)3-4-9(8)11/h3-5H,1-2H3. The summed E-state index contributed by atoms with van der Waals surface area (Å²) in [6, 6.07) is 5.78. The van der Waals surface area contributed by atoms with Gasteiger partial charge in [0.25, 0.3) is 0 Å². The molecule has 0 aliphatic carbocycles. The lowest BCUT2D eigenvalue weighted by molar-refractivity contribution is 0.415. The smallest absolute Gasteiger partial charge is 0.177 e. The van der Waals surface area contributed by atoms with E-state index in [0.717, 1.165) is 16.8 Å². The van der Waals surface area contributed by atoms with Crippen molar-refractivity contribution in [1.82, 2.24) is 9.55 Å². The van der Waals surface area contributed by atoms with Gasteiger partial charge in [0.15, 0.2) is 6.33 Å². The summed E-state index contributed by atoms with van der Waals surface area (Å²) < 4.78 is 6.92. The van der Waals surface area contributed by atoms with Gasteiger partial charge in [0.1, 0.15) is 5.75 Å². The van der Waals surface area contributed by atoms with Crippen LogP contribution in [0.4, 0.5) is 0 Å². The molecule has 0 atom stereocenters. The van der Waals surface area contributed by atoms with Crippen LogP contribution in [-0.2, 0) is 7.05 Å². The van der Waals surface area contributed by atoms with Crippen molar-refractivity contribution in [3.05, 3.63) is 24.5 Å². The fourth-order valence-corrected chi connectivity index (χ4v) is 1.19. The van der Waals surface area contributed by atoms with Gasteiger partial charge in [0.05, 0.1) is 18.1 Å². The van der Waals surface area contributed by atoms with E-state index in [-0.39, 0.29) is 0 Å². The summed E-state index contributed by atoms with van der Waals surface area (Å²) in [4.78, 5) is 4.08. The van der Waals surface area contributed by atoms with Crippen LogP contribution in [0.25, 0.3) is 11.0 Å². The first-order chi connectivity index (χ1) is 5.81. The SMILES string of the molecule is COc1ccc2c(c1)n[c]n2C. The molecule has 1 radical (unpaired) electrons. The molecular weight excluding hydrogens is 152 g/mol. The van der Waals surface area contributed by atoms with Crippen LogP contribution in [0.5, 0.6) is 5.75 Å². The number of aromatic nitrogens is 2. The van der Waals surface area contributed by atoms with Gasteiger partial charge < -0.3 is 9.30 Å². The third-order valence-corrected chi connectivity index (χ3v) is 1.86. The summed E-state index contributed by atoms with van der Waals surface area (Å²) in [5, 5.41) is 0. The molecule has 3 nitrogen and oxygen atoms in total. The number of imidazole rings is 1. The summed E-state index contributed by atoms with van der Waals surface area (Å²) in [5.41, 5.74) is 1.98. The van der Waals surface area contributed by atoms with Gasteiger partial charge in [0, 0.05) is 13.1 Å². The maximum Gasteiger partial charge on any atom is 0.177 e. The predicted molar refractivity (Wildman–Crippen MR) is 46.1 cm³/mol. The van der Waals surface area contributed by atoms with Crippen molar-refractivity contribution in [2.75, 3.05) is 7.11 Å². The van der Waals surface area contributed by atoms with E-state index in [0.29, 0.717) is 0 Å². The average molecular weight is 161 g/mol. The van der Waals surface area contributed by atoms with Gasteiger partial charge in [-0.1, -0.05) is 0 Å². The van der Waals surface area contributed by atoms with Crippen LogP contribution >= 0.6 is 0 Å². The quantitative estimate of drug-likeness (QED) is 0.631. The minimum absolute atomic E-state index is 0.828. The Morgan fingerprint density at radius 1 is 1.50 bits per heavy atom. The van der Waals surface area contributed by atoms with E-state index in [1.165, 1.54) is 0 Å². The van der Waals surface area contributed by atoms with E-state index >= 15 is 0 Å². The lowest BCUT2D eigenvalue weighted by Gasteiger charge is -1.98. The molecule has 0 unspecified atom stereocenters. The Balaban J connectivity index is 2.69. The van der Waals surface area contributed by atoms with Crippen LogP contribution in [-0.4, -0.2) is 16.7 Å². The highest BCUT2D eigenvalue weighted by atomic mass is 16.5. The first-order valence-electron chi connectivity index (χ1n) is 3.69. The Morgan fingerprint density at radius 2 is 2.33 bits per heavy atom. The zero-order valence-corrected chi connectivity index (χ0v) is 7.03. The van der Waals surface area contributed by atoms with Crippen molar-refractivity contribution in [3.8, 4) is 5.75 Å². The van der Waals surface area contributed by atoms with Gasteiger partial charge in [-0.2, -0.15) is 0 Å². The van der Waals surface area contributed by atoms with Crippen LogP contribution < -0.4 is 4.74 Å². The first-order valence-corrected chi connectivity index (χ1v) is 3.69. The van der Waals surface area contributed by atoms with Crippen molar-refractivity contribution >= 4 is 11.0 Å². The van der Waals surface area contributed by atoms with Crippen LogP contribution in [0.1, 0.15) is 0 Å². The maximum absolute atomic E-state index is 5.07. The number of methoxy groups -OCH3 is 1. The van der Waals surface area contributed by atoms with Crippen LogP contribution in [0.2, 0.25) is 0 Å². The highest BCUT2D eigenvalue weighted by molar-refractivity contribution is 5.76. The molecule has 1 heterocycles. The third kappa shape index (κ3) is 0.942. The van der Waals surface area contributed by atoms with E-state index in [9.17, 15) is 0 Å². The van der Waals surface area contributed by atoms with Gasteiger partial charge in [-0.3, -0.25) is 0 Å². The molecule has 2 aromatic rings. The van der Waals surface area contributed by atoms with E-state index in [4.69, 9.17) is 4.74 Å². The van der Waals surface area contributed by atoms with Gasteiger partial charge in [-0.05, 0) is 12.1 Å². The van der Waals surface area contributed by atoms with Crippen LogP contribution in [0, 0.1) is 6.33 Å². The second-order valence-electron chi connectivity index (χ2n) is 2.63. The molecule has 0 spiro atoms. The normalized spacial score (nSPS) is 10.5. The number of hydrogen-bond acceptors (Lipinski definition) is 2. The van der Waals surface area contributed by atoms with Crippen molar-refractivity contribution < 1.29 is 4.74 Å². The monoisotopic (exact) mass is 161 g/mol. The van der Waals surface area contributed by atoms with Gasteiger partial charge in [0.2, 0.25) is 0 Å². The molecule has 1 aromatic heterocycles. The molecule has 61 valence electrons. The molecular formula is C9H9N2O. The Bertz CT molecular complexity index is 406. The molecule has 12 heavy (non-hydrogen) atoms. The van der Waals surface area contributed by atoms with Crippen molar-refractivity contribution in [2.45, 2.75) is 0 Å². The molecule has 0 saturated heterocycles. The molecule has 3 heteroatoms. The second-order valence-corrected chi connectivity index (χ2v) is 2.63. The molecule has 0 bridgehead atoms. The maximum atomic E-state index is 5.07. The fraction of sp³-hybridized carbons (Fsp3) is 0.222. The van der Waals surface area contributed by atoms with Gasteiger partial charge >= 0.3 is 0 Å². The first kappa shape index (κ1) is 7.16. The third-order valence-electron chi connectivity index (χ3n) is 1.86. The summed E-state index contributed by atoms with van der Waals surface area (Å²) >= 11 is 0. The largest absolute Gasteiger partial charge is 0.497 e. The molecule has 1 aromatic carbocycles. The van der Waals surface area contributed by atoms with Crippen molar-refractivity contribution in [2.24, 2.45) is 7.05 Å². The lowest BCUT2D eigenvalue weighted by Crippen LogP contribution is -1.85. The molecule has 0 amide bonds. The summed E-state index contributed by atoms with van der Waals surface area (Å²) in [5.74, 6) is 0.828. The van der Waals surface area contributed by atoms with E-state index in [1.54, 1.807) is 7.11 Å². The number of benzene rings is 1. The average Bonchev–Trinajstić information content (AvgIpc) is 2.47. The zero-order chi connectivity index (χ0) is 8.55. The van der Waals surface area contributed by atoms with E-state index in [1.807, 2.05) is 29.8 Å². The fourth-order valence-electron chi connectivity index (χ4n) is 1.19. The number of hydrogen-bond donors (Lipinski definition) is 0. The summed E-state index contributed by atoms with van der Waals surface area (Å²) in [6.45, 7) is 0. The van der Waals surface area contributed by atoms with Crippen molar-refractivity contribution in [1.29, 1.82) is 0 Å². The number of aryl methyl sites for hydroxylation is 1. The molecule has 0 fully saturated rings. The molecule has 0 aliphatic rings. The number of fused-ring (bicyclic) bond motifs is 1. The molecule has 2 rings (SSSR count). The Kier molecular flexibility index (Phi) is 1.50. The number of rotatable bonds is 1. The topological polar surface area (TPSA) is 27.1 Å². The Morgan fingerprint density at radius 3 is 3.08 bits per heavy atom. The van der Waals surface area contributed by atoms with Crippen molar-refractivity contribution in [3.63, 3.8) is 0 Å². The summed E-state index contributed by atoms with van der Waals surface area (Å²) in [6.07, 6.45) is 2.84. The highest BCUT2D eigenvalue weighted by Crippen LogP contribution is 2.18. The molecule has 0 N–H and O–H groups in total. The minimum atomic E-state index is 0.828. The summed E-state index contributed by atoms with van der Waals surface area (Å²) in [7, 11) is 3.57. The lowest BCUT2D eigenvalue weighted by atomic mass is 10.3. The number of nitrogens with zero attached hydrogens (tertiary/aromatic N) is 2. The zero-order valence-electron chi connectivity index (χ0n) is 7.03. The van der Waals surface area contributed by atoms with E-state index in [2.05, 4.69) is 11.3 Å². The highest BCUT2D eigenvalue weighted by Gasteiger charge is 2.00.